The minimum atomic E-state index is -0.370. The van der Waals surface area contributed by atoms with Crippen molar-refractivity contribution in [2.45, 2.75) is 26.9 Å². The van der Waals surface area contributed by atoms with Crippen LogP contribution < -0.4 is 5.32 Å². The van der Waals surface area contributed by atoms with E-state index >= 15 is 0 Å². The minimum Gasteiger partial charge on any atom is -0.311 e. The van der Waals surface area contributed by atoms with Crippen LogP contribution in [0, 0.1) is 11.7 Å². The highest BCUT2D eigenvalue weighted by atomic mass is 35.5. The van der Waals surface area contributed by atoms with Crippen LogP contribution in [0.15, 0.2) is 30.5 Å². The Kier molecular flexibility index (Phi) is 5.15. The van der Waals surface area contributed by atoms with E-state index in [4.69, 9.17) is 11.6 Å². The highest BCUT2D eigenvalue weighted by molar-refractivity contribution is 6.30. The van der Waals surface area contributed by atoms with Crippen LogP contribution in [0.5, 0.6) is 0 Å². The largest absolute Gasteiger partial charge is 0.311 e. The summed E-state index contributed by atoms with van der Waals surface area (Å²) in [5.41, 5.74) is 1.58. The van der Waals surface area contributed by atoms with Gasteiger partial charge in [0.25, 0.3) is 0 Å². The van der Waals surface area contributed by atoms with Gasteiger partial charge in [0.2, 0.25) is 0 Å². The summed E-state index contributed by atoms with van der Waals surface area (Å²) in [7, 11) is 0. The minimum absolute atomic E-state index is 0.147. The SMILES string of the molecule is CC(C)CNCc1ccnn1Cc1cccc(Cl)c1F. The molecule has 1 aromatic heterocycles. The Balaban J connectivity index is 2.06. The molecule has 0 saturated carbocycles. The summed E-state index contributed by atoms with van der Waals surface area (Å²) in [6, 6.07) is 6.97. The molecule has 1 aromatic carbocycles. The Hall–Kier alpha value is -1.39. The van der Waals surface area contributed by atoms with Gasteiger partial charge in [-0.1, -0.05) is 37.6 Å². The van der Waals surface area contributed by atoms with Gasteiger partial charge in [0.1, 0.15) is 5.82 Å². The van der Waals surface area contributed by atoms with E-state index in [1.54, 1.807) is 29.1 Å². The molecule has 2 aromatic rings. The first kappa shape index (κ1) is 15.0. The number of hydrogen-bond donors (Lipinski definition) is 1. The molecule has 3 nitrogen and oxygen atoms in total. The summed E-state index contributed by atoms with van der Waals surface area (Å²) in [5.74, 6) is 0.225. The molecule has 0 spiro atoms. The molecule has 1 heterocycles. The highest BCUT2D eigenvalue weighted by Gasteiger charge is 2.09. The van der Waals surface area contributed by atoms with E-state index in [0.29, 0.717) is 18.0 Å². The molecule has 2 rings (SSSR count). The van der Waals surface area contributed by atoms with Gasteiger partial charge in [-0.05, 0) is 24.6 Å². The van der Waals surface area contributed by atoms with Crippen LogP contribution in [-0.4, -0.2) is 16.3 Å². The van der Waals surface area contributed by atoms with Crippen molar-refractivity contribution < 1.29 is 4.39 Å². The third-order valence-electron chi connectivity index (χ3n) is 3.01. The van der Waals surface area contributed by atoms with Crippen molar-refractivity contribution in [3.8, 4) is 0 Å². The second-order valence-electron chi connectivity index (χ2n) is 5.22. The Bertz CT molecular complexity index is 566. The van der Waals surface area contributed by atoms with Gasteiger partial charge in [-0.15, -0.1) is 0 Å². The second kappa shape index (κ2) is 6.86. The predicted molar refractivity (Wildman–Crippen MR) is 79.3 cm³/mol. The number of nitrogens with one attached hydrogen (secondary N) is 1. The van der Waals surface area contributed by atoms with Crippen molar-refractivity contribution in [3.05, 3.63) is 52.6 Å². The maximum absolute atomic E-state index is 13.9. The Morgan fingerprint density at radius 2 is 2.15 bits per heavy atom. The Labute approximate surface area is 123 Å². The van der Waals surface area contributed by atoms with E-state index in [1.165, 1.54) is 0 Å². The molecule has 0 radical (unpaired) electrons. The van der Waals surface area contributed by atoms with Crippen LogP contribution in [-0.2, 0) is 13.1 Å². The molecule has 5 heteroatoms. The van der Waals surface area contributed by atoms with Crippen LogP contribution in [0.1, 0.15) is 25.1 Å². The van der Waals surface area contributed by atoms with Gasteiger partial charge in [0, 0.05) is 18.3 Å². The molecule has 0 saturated heterocycles. The van der Waals surface area contributed by atoms with Gasteiger partial charge >= 0.3 is 0 Å². The summed E-state index contributed by atoms with van der Waals surface area (Å²) in [6.07, 6.45) is 1.73. The van der Waals surface area contributed by atoms with Gasteiger partial charge in [-0.25, -0.2) is 4.39 Å². The summed E-state index contributed by atoms with van der Waals surface area (Å²) >= 11 is 5.80. The molecular weight excluding hydrogens is 277 g/mol. The van der Waals surface area contributed by atoms with E-state index in [0.717, 1.165) is 18.8 Å². The fourth-order valence-electron chi connectivity index (χ4n) is 1.97. The molecule has 108 valence electrons. The van der Waals surface area contributed by atoms with Crippen molar-refractivity contribution in [1.82, 2.24) is 15.1 Å². The zero-order valence-corrected chi connectivity index (χ0v) is 12.5. The quantitative estimate of drug-likeness (QED) is 0.884. The summed E-state index contributed by atoms with van der Waals surface area (Å²) in [5, 5.41) is 7.75. The summed E-state index contributed by atoms with van der Waals surface area (Å²) in [6.45, 7) is 6.37. The van der Waals surface area contributed by atoms with Crippen LogP contribution in [0.25, 0.3) is 0 Å². The summed E-state index contributed by atoms with van der Waals surface area (Å²) < 4.78 is 15.7. The van der Waals surface area contributed by atoms with Crippen LogP contribution >= 0.6 is 11.6 Å². The van der Waals surface area contributed by atoms with Gasteiger partial charge in [0.15, 0.2) is 0 Å². The average Bonchev–Trinajstić information content (AvgIpc) is 2.82. The fourth-order valence-corrected chi connectivity index (χ4v) is 2.17. The molecule has 0 aliphatic rings. The highest BCUT2D eigenvalue weighted by Crippen LogP contribution is 2.19. The first-order valence-corrected chi connectivity index (χ1v) is 7.10. The number of hydrogen-bond acceptors (Lipinski definition) is 2. The molecule has 0 aliphatic heterocycles. The Morgan fingerprint density at radius 1 is 1.35 bits per heavy atom. The molecule has 0 fully saturated rings. The number of rotatable bonds is 6. The number of aromatic nitrogens is 2. The molecule has 0 amide bonds. The first-order chi connectivity index (χ1) is 9.58. The Morgan fingerprint density at radius 3 is 2.90 bits per heavy atom. The first-order valence-electron chi connectivity index (χ1n) is 6.72. The fraction of sp³-hybridized carbons (Fsp3) is 0.400. The third kappa shape index (κ3) is 3.81. The standard InChI is InChI=1S/C15H19ClFN3/c1-11(2)8-18-9-13-6-7-19-20(13)10-12-4-3-5-14(16)15(12)17/h3-7,11,18H,8-10H2,1-2H3. The lowest BCUT2D eigenvalue weighted by atomic mass is 10.2. The number of nitrogens with zero attached hydrogens (tertiary/aromatic N) is 2. The van der Waals surface area contributed by atoms with Crippen molar-refractivity contribution >= 4 is 11.6 Å². The van der Waals surface area contributed by atoms with Gasteiger partial charge in [-0.3, -0.25) is 4.68 Å². The van der Waals surface area contributed by atoms with Crippen LogP contribution in [0.2, 0.25) is 5.02 Å². The van der Waals surface area contributed by atoms with Crippen molar-refractivity contribution in [2.24, 2.45) is 5.92 Å². The van der Waals surface area contributed by atoms with E-state index in [9.17, 15) is 4.39 Å². The van der Waals surface area contributed by atoms with E-state index in [-0.39, 0.29) is 10.8 Å². The van der Waals surface area contributed by atoms with E-state index in [1.807, 2.05) is 6.07 Å². The molecule has 0 aliphatic carbocycles. The van der Waals surface area contributed by atoms with Crippen molar-refractivity contribution in [2.75, 3.05) is 6.54 Å². The maximum Gasteiger partial charge on any atom is 0.146 e. The average molecular weight is 296 g/mol. The summed E-state index contributed by atoms with van der Waals surface area (Å²) in [4.78, 5) is 0. The van der Waals surface area contributed by atoms with Crippen molar-refractivity contribution in [1.29, 1.82) is 0 Å². The normalized spacial score (nSPS) is 11.2. The molecule has 0 unspecified atom stereocenters. The second-order valence-corrected chi connectivity index (χ2v) is 5.63. The van der Waals surface area contributed by atoms with Crippen LogP contribution in [0.4, 0.5) is 4.39 Å². The van der Waals surface area contributed by atoms with Gasteiger partial charge < -0.3 is 5.32 Å². The smallest absolute Gasteiger partial charge is 0.146 e. The molecule has 1 N–H and O–H groups in total. The van der Waals surface area contributed by atoms with E-state index in [2.05, 4.69) is 24.3 Å². The van der Waals surface area contributed by atoms with Gasteiger partial charge in [-0.2, -0.15) is 5.10 Å². The predicted octanol–water partition coefficient (Wildman–Crippen LogP) is 3.47. The zero-order chi connectivity index (χ0) is 14.5. The molecule has 0 atom stereocenters. The van der Waals surface area contributed by atoms with Crippen LogP contribution in [0.3, 0.4) is 0 Å². The zero-order valence-electron chi connectivity index (χ0n) is 11.7. The lowest BCUT2D eigenvalue weighted by Crippen LogP contribution is -2.21. The topological polar surface area (TPSA) is 29.9 Å². The molecular formula is C15H19ClFN3. The number of halogens is 2. The van der Waals surface area contributed by atoms with Gasteiger partial charge in [0.05, 0.1) is 17.3 Å². The number of benzene rings is 1. The maximum atomic E-state index is 13.9. The third-order valence-corrected chi connectivity index (χ3v) is 3.31. The monoisotopic (exact) mass is 295 g/mol. The van der Waals surface area contributed by atoms with E-state index < -0.39 is 0 Å². The lowest BCUT2D eigenvalue weighted by Gasteiger charge is -2.11. The molecule has 20 heavy (non-hydrogen) atoms. The molecule has 0 bridgehead atoms. The van der Waals surface area contributed by atoms with Crippen molar-refractivity contribution in [3.63, 3.8) is 0 Å². The lowest BCUT2D eigenvalue weighted by molar-refractivity contribution is 0.524.